The maximum atomic E-state index is 12.1. The molecule has 8 heteroatoms. The molecule has 0 unspecified atom stereocenters. The van der Waals surface area contributed by atoms with Crippen molar-refractivity contribution in [2.45, 2.75) is 13.8 Å². The molecule has 22 heavy (non-hydrogen) atoms. The van der Waals surface area contributed by atoms with Crippen molar-refractivity contribution in [3.8, 4) is 6.19 Å². The number of rotatable bonds is 3. The quantitative estimate of drug-likeness (QED) is 0.404. The second-order valence-electron chi connectivity index (χ2n) is 4.45. The number of benzene rings is 1. The summed E-state index contributed by atoms with van der Waals surface area (Å²) in [5, 5.41) is 25.3. The van der Waals surface area contributed by atoms with E-state index in [0.29, 0.717) is 17.1 Å². The fourth-order valence-corrected chi connectivity index (χ4v) is 1.79. The minimum absolute atomic E-state index is 0.0755. The molecule has 0 radical (unpaired) electrons. The average Bonchev–Trinajstić information content (AvgIpc) is 2.47. The first-order valence-electron chi connectivity index (χ1n) is 6.30. The molecule has 0 bridgehead atoms. The molecule has 2 rings (SSSR count). The average molecular weight is 296 g/mol. The number of nitrogens with zero attached hydrogens (tertiary/aromatic N) is 5. The zero-order valence-electron chi connectivity index (χ0n) is 11.9. The van der Waals surface area contributed by atoms with Crippen LogP contribution in [0.3, 0.4) is 0 Å². The molecule has 8 nitrogen and oxygen atoms in total. The van der Waals surface area contributed by atoms with Crippen molar-refractivity contribution in [1.29, 1.82) is 5.26 Å². The molecule has 0 aliphatic heterocycles. The van der Waals surface area contributed by atoms with Gasteiger partial charge in [-0.15, -0.1) is 0 Å². The molecule has 1 amide bonds. The third kappa shape index (κ3) is 3.61. The number of aromatic nitrogens is 2. The number of azo groups is 1. The Labute approximate surface area is 126 Å². The van der Waals surface area contributed by atoms with E-state index in [9.17, 15) is 10.0 Å². The summed E-state index contributed by atoms with van der Waals surface area (Å²) in [5.41, 5.74) is 2.06. The van der Waals surface area contributed by atoms with E-state index < -0.39 is 5.91 Å². The van der Waals surface area contributed by atoms with Crippen LogP contribution in [0.25, 0.3) is 0 Å². The molecule has 0 saturated carbocycles. The highest BCUT2D eigenvalue weighted by atomic mass is 16.5. The topological polar surface area (TPSA) is 117 Å². The lowest BCUT2D eigenvalue weighted by Crippen LogP contribution is -2.16. The number of anilines is 1. The van der Waals surface area contributed by atoms with Crippen LogP contribution in [0.1, 0.15) is 22.0 Å². The van der Waals surface area contributed by atoms with Crippen molar-refractivity contribution in [2.75, 3.05) is 5.32 Å². The SMILES string of the molecule is Cc1cc(C)nc(C(=O)Nc2ccc([N+]([O-])=NC#N)cc2)n1. The van der Waals surface area contributed by atoms with Gasteiger partial charge in [-0.05, 0) is 36.9 Å². The van der Waals surface area contributed by atoms with Crippen LogP contribution in [-0.2, 0) is 0 Å². The lowest BCUT2D eigenvalue weighted by Gasteiger charge is -2.06. The highest BCUT2D eigenvalue weighted by Gasteiger charge is 2.11. The van der Waals surface area contributed by atoms with Gasteiger partial charge in [0, 0.05) is 29.2 Å². The van der Waals surface area contributed by atoms with Gasteiger partial charge < -0.3 is 10.5 Å². The molecule has 1 heterocycles. The zero-order chi connectivity index (χ0) is 16.1. The smallest absolute Gasteiger partial charge is 0.293 e. The number of hydrogen-bond donors (Lipinski definition) is 1. The summed E-state index contributed by atoms with van der Waals surface area (Å²) >= 11 is 0. The minimum Gasteiger partial charge on any atom is -0.593 e. The number of carbonyl (C=O) groups excluding carboxylic acids is 1. The van der Waals surface area contributed by atoms with Crippen molar-refractivity contribution in [3.05, 3.63) is 52.8 Å². The van der Waals surface area contributed by atoms with E-state index in [-0.39, 0.29) is 16.4 Å². The summed E-state index contributed by atoms with van der Waals surface area (Å²) in [7, 11) is 0. The van der Waals surface area contributed by atoms with Gasteiger partial charge in [-0.2, -0.15) is 5.26 Å². The first kappa shape index (κ1) is 15.1. The second-order valence-corrected chi connectivity index (χ2v) is 4.45. The largest absolute Gasteiger partial charge is 0.593 e. The molecule has 1 aromatic carbocycles. The van der Waals surface area contributed by atoms with Gasteiger partial charge in [0.15, 0.2) is 0 Å². The van der Waals surface area contributed by atoms with Crippen molar-refractivity contribution >= 4 is 17.3 Å². The maximum absolute atomic E-state index is 12.1. The molecule has 1 aromatic heterocycles. The van der Waals surface area contributed by atoms with Gasteiger partial charge in [0.25, 0.3) is 12.1 Å². The van der Waals surface area contributed by atoms with Gasteiger partial charge in [-0.3, -0.25) is 4.79 Å². The van der Waals surface area contributed by atoms with Crippen LogP contribution in [0.2, 0.25) is 0 Å². The number of amides is 1. The molecular formula is C14H12N6O2. The highest BCUT2D eigenvalue weighted by Crippen LogP contribution is 2.16. The Morgan fingerprint density at radius 2 is 1.86 bits per heavy atom. The minimum atomic E-state index is -0.444. The van der Waals surface area contributed by atoms with Gasteiger partial charge >= 0.3 is 0 Å². The van der Waals surface area contributed by atoms with Crippen molar-refractivity contribution < 1.29 is 9.66 Å². The predicted molar refractivity (Wildman–Crippen MR) is 77.2 cm³/mol. The van der Waals surface area contributed by atoms with Gasteiger partial charge in [0.05, 0.1) is 5.11 Å². The van der Waals surface area contributed by atoms with Gasteiger partial charge in [-0.1, -0.05) is 0 Å². The Balaban J connectivity index is 2.15. The standard InChI is InChI=1S/C14H12N6O2/c1-9-7-10(2)18-13(17-9)14(21)19-11-3-5-12(6-4-11)20(22)16-8-15/h3-7H,1-2H3,(H,19,21). The summed E-state index contributed by atoms with van der Waals surface area (Å²) in [5.74, 6) is -0.369. The fourth-order valence-electron chi connectivity index (χ4n) is 1.79. The molecule has 0 atom stereocenters. The van der Waals surface area contributed by atoms with Crippen molar-refractivity contribution in [2.24, 2.45) is 5.11 Å². The molecule has 1 N–H and O–H groups in total. The van der Waals surface area contributed by atoms with Gasteiger partial charge in [-0.25, -0.2) is 9.97 Å². The van der Waals surface area contributed by atoms with Crippen LogP contribution in [0, 0.1) is 30.5 Å². The maximum Gasteiger partial charge on any atom is 0.293 e. The summed E-state index contributed by atoms with van der Waals surface area (Å²) < 4.78 is 0. The monoisotopic (exact) mass is 296 g/mol. The third-order valence-corrected chi connectivity index (χ3v) is 2.67. The van der Waals surface area contributed by atoms with E-state index in [0.717, 1.165) is 0 Å². The first-order chi connectivity index (χ1) is 10.5. The molecule has 0 fully saturated rings. The first-order valence-corrected chi connectivity index (χ1v) is 6.30. The van der Waals surface area contributed by atoms with Crippen LogP contribution in [-0.4, -0.2) is 20.7 Å². The van der Waals surface area contributed by atoms with E-state index in [4.69, 9.17) is 5.26 Å². The summed E-state index contributed by atoms with van der Waals surface area (Å²) in [6, 6.07) is 7.69. The summed E-state index contributed by atoms with van der Waals surface area (Å²) in [6.07, 6.45) is 1.40. The van der Waals surface area contributed by atoms with Gasteiger partial charge in [0.2, 0.25) is 11.5 Å². The normalized spacial score (nSPS) is 10.9. The Morgan fingerprint density at radius 3 is 2.41 bits per heavy atom. The number of carbonyl (C=O) groups is 1. The van der Waals surface area contributed by atoms with Crippen molar-refractivity contribution in [3.63, 3.8) is 0 Å². The van der Waals surface area contributed by atoms with E-state index in [1.54, 1.807) is 19.9 Å². The number of nitriles is 1. The van der Waals surface area contributed by atoms with Crippen molar-refractivity contribution in [1.82, 2.24) is 9.97 Å². The van der Waals surface area contributed by atoms with Crippen LogP contribution < -0.4 is 5.32 Å². The lowest BCUT2D eigenvalue weighted by molar-refractivity contribution is -0.435. The Bertz CT molecular complexity index is 757. The molecule has 0 spiro atoms. The summed E-state index contributed by atoms with van der Waals surface area (Å²) in [4.78, 5) is 20.4. The Morgan fingerprint density at radius 1 is 1.27 bits per heavy atom. The molecule has 0 saturated heterocycles. The van der Waals surface area contributed by atoms with Crippen LogP contribution >= 0.6 is 0 Å². The van der Waals surface area contributed by atoms with Crippen LogP contribution in [0.5, 0.6) is 0 Å². The Hall–Kier alpha value is -3.34. The molecular weight excluding hydrogens is 284 g/mol. The van der Waals surface area contributed by atoms with E-state index in [2.05, 4.69) is 20.4 Å². The molecule has 110 valence electrons. The zero-order valence-corrected chi connectivity index (χ0v) is 11.9. The second kappa shape index (κ2) is 6.41. The number of nitrogens with one attached hydrogen (secondary N) is 1. The van der Waals surface area contributed by atoms with E-state index in [1.165, 1.54) is 30.5 Å². The van der Waals surface area contributed by atoms with Crippen LogP contribution in [0.15, 0.2) is 35.4 Å². The van der Waals surface area contributed by atoms with E-state index in [1.807, 2.05) is 0 Å². The molecule has 0 aliphatic carbocycles. The van der Waals surface area contributed by atoms with Crippen LogP contribution in [0.4, 0.5) is 11.4 Å². The van der Waals surface area contributed by atoms with Gasteiger partial charge in [0.1, 0.15) is 0 Å². The predicted octanol–water partition coefficient (Wildman–Crippen LogP) is 2.42. The Kier molecular flexibility index (Phi) is 4.38. The van der Waals surface area contributed by atoms with E-state index >= 15 is 0 Å². The molecule has 2 aromatic rings. The number of hydrogen-bond acceptors (Lipinski definition) is 6. The molecule has 0 aliphatic rings. The summed E-state index contributed by atoms with van der Waals surface area (Å²) in [6.45, 7) is 3.56. The third-order valence-electron chi connectivity index (χ3n) is 2.67. The lowest BCUT2D eigenvalue weighted by atomic mass is 10.3. The fraction of sp³-hybridized carbons (Fsp3) is 0.143. The number of aryl methyl sites for hydroxylation is 2. The highest BCUT2D eigenvalue weighted by molar-refractivity contribution is 6.01.